The molecule has 0 amide bonds. The van der Waals surface area contributed by atoms with Crippen LogP contribution in [-0.4, -0.2) is 19.8 Å². The number of hydrogen-bond acceptors (Lipinski definition) is 2. The summed E-state index contributed by atoms with van der Waals surface area (Å²) < 4.78 is 11.4. The van der Waals surface area contributed by atoms with E-state index in [1.807, 2.05) is 6.07 Å². The summed E-state index contributed by atoms with van der Waals surface area (Å²) in [5, 5.41) is 0. The van der Waals surface area contributed by atoms with E-state index in [-0.39, 0.29) is 6.10 Å². The molecule has 2 heteroatoms. The van der Waals surface area contributed by atoms with Crippen molar-refractivity contribution in [3.8, 4) is 0 Å². The van der Waals surface area contributed by atoms with E-state index < -0.39 is 0 Å². The summed E-state index contributed by atoms with van der Waals surface area (Å²) >= 11 is 0. The molecule has 1 aromatic carbocycles. The van der Waals surface area contributed by atoms with Crippen LogP contribution in [0.15, 0.2) is 30.3 Å². The van der Waals surface area contributed by atoms with E-state index in [4.69, 9.17) is 9.47 Å². The van der Waals surface area contributed by atoms with Crippen molar-refractivity contribution < 1.29 is 9.47 Å². The van der Waals surface area contributed by atoms with E-state index in [1.165, 1.54) is 95.5 Å². The van der Waals surface area contributed by atoms with E-state index in [2.05, 4.69) is 31.2 Å². The summed E-state index contributed by atoms with van der Waals surface area (Å²) in [4.78, 5) is 0. The maximum Gasteiger partial charge on any atom is 0.0804 e. The van der Waals surface area contributed by atoms with E-state index >= 15 is 0 Å². The van der Waals surface area contributed by atoms with Gasteiger partial charge in [0.05, 0.1) is 19.3 Å². The highest BCUT2D eigenvalue weighted by Crippen LogP contribution is 2.14. The number of rotatable bonds is 20. The molecule has 1 atom stereocenters. The van der Waals surface area contributed by atoms with Gasteiger partial charge in [-0.15, -0.1) is 0 Å². The summed E-state index contributed by atoms with van der Waals surface area (Å²) in [6.45, 7) is 3.67. The molecule has 0 saturated carbocycles. The van der Waals surface area contributed by atoms with Crippen LogP contribution in [0, 0.1) is 0 Å². The summed E-state index contributed by atoms with van der Waals surface area (Å²) in [7, 11) is 1.81. The zero-order chi connectivity index (χ0) is 20.1. The lowest BCUT2D eigenvalue weighted by Crippen LogP contribution is -2.18. The van der Waals surface area contributed by atoms with Crippen molar-refractivity contribution >= 4 is 0 Å². The van der Waals surface area contributed by atoms with Gasteiger partial charge in [0.15, 0.2) is 0 Å². The van der Waals surface area contributed by atoms with Crippen molar-refractivity contribution in [2.24, 2.45) is 0 Å². The third kappa shape index (κ3) is 15.1. The number of unbranched alkanes of at least 4 members (excludes halogenated alkanes) is 13. The summed E-state index contributed by atoms with van der Waals surface area (Å²) in [6, 6.07) is 10.4. The molecule has 0 fully saturated rings. The second kappa shape index (κ2) is 19.5. The Kier molecular flexibility index (Phi) is 17.5. The predicted octanol–water partition coefficient (Wildman–Crippen LogP) is 8.09. The van der Waals surface area contributed by atoms with Crippen LogP contribution >= 0.6 is 0 Å². The molecule has 0 heterocycles. The Morgan fingerprint density at radius 2 is 1.18 bits per heavy atom. The maximum absolute atomic E-state index is 5.82. The van der Waals surface area contributed by atoms with E-state index in [9.17, 15) is 0 Å². The third-order valence-electron chi connectivity index (χ3n) is 5.63. The lowest BCUT2D eigenvalue weighted by atomic mass is 10.0. The normalized spacial score (nSPS) is 12.4. The van der Waals surface area contributed by atoms with E-state index in [0.29, 0.717) is 13.2 Å². The van der Waals surface area contributed by atoms with Crippen LogP contribution in [0.25, 0.3) is 0 Å². The summed E-state index contributed by atoms with van der Waals surface area (Å²) in [6.07, 6.45) is 21.0. The molecule has 0 saturated heterocycles. The molecule has 162 valence electrons. The molecular weight excluding hydrogens is 344 g/mol. The van der Waals surface area contributed by atoms with Gasteiger partial charge >= 0.3 is 0 Å². The Morgan fingerprint density at radius 3 is 1.68 bits per heavy atom. The number of hydrogen-bond donors (Lipinski definition) is 0. The molecule has 0 N–H and O–H groups in total. The SMILES string of the molecule is CCCCCCCCCCCCCCCCC(COCc1ccccc1)OC. The first-order valence-corrected chi connectivity index (χ1v) is 12.0. The van der Waals surface area contributed by atoms with Gasteiger partial charge in [0.25, 0.3) is 0 Å². The summed E-state index contributed by atoms with van der Waals surface area (Å²) in [5.41, 5.74) is 1.23. The Balaban J connectivity index is 1.83. The van der Waals surface area contributed by atoms with Crippen LogP contribution in [0.1, 0.15) is 109 Å². The summed E-state index contributed by atoms with van der Waals surface area (Å²) in [5.74, 6) is 0. The molecule has 1 aromatic rings. The first kappa shape index (κ1) is 25.2. The highest BCUT2D eigenvalue weighted by Gasteiger charge is 2.07. The Labute approximate surface area is 175 Å². The fourth-order valence-electron chi connectivity index (χ4n) is 3.72. The molecule has 1 rings (SSSR count). The third-order valence-corrected chi connectivity index (χ3v) is 5.63. The quantitative estimate of drug-likeness (QED) is 0.209. The highest BCUT2D eigenvalue weighted by atomic mass is 16.5. The zero-order valence-corrected chi connectivity index (χ0v) is 18.8. The first-order valence-electron chi connectivity index (χ1n) is 12.0. The number of methoxy groups -OCH3 is 1. The van der Waals surface area contributed by atoms with Crippen LogP contribution < -0.4 is 0 Å². The minimum Gasteiger partial charge on any atom is -0.379 e. The fourth-order valence-corrected chi connectivity index (χ4v) is 3.72. The van der Waals surface area contributed by atoms with Crippen molar-refractivity contribution in [2.75, 3.05) is 13.7 Å². The molecule has 1 unspecified atom stereocenters. The van der Waals surface area contributed by atoms with Gasteiger partial charge in [-0.25, -0.2) is 0 Å². The largest absolute Gasteiger partial charge is 0.379 e. The van der Waals surface area contributed by atoms with Gasteiger partial charge in [0, 0.05) is 7.11 Å². The van der Waals surface area contributed by atoms with Crippen LogP contribution in [0.3, 0.4) is 0 Å². The Hall–Kier alpha value is -0.860. The lowest BCUT2D eigenvalue weighted by molar-refractivity contribution is -0.00302. The van der Waals surface area contributed by atoms with Crippen molar-refractivity contribution in [3.05, 3.63) is 35.9 Å². The van der Waals surface area contributed by atoms with E-state index in [1.54, 1.807) is 7.11 Å². The highest BCUT2D eigenvalue weighted by molar-refractivity contribution is 5.13. The molecule has 28 heavy (non-hydrogen) atoms. The molecule has 0 bridgehead atoms. The smallest absolute Gasteiger partial charge is 0.0804 e. The second-order valence-corrected chi connectivity index (χ2v) is 8.24. The number of benzene rings is 1. The standard InChI is InChI=1S/C26H46O2/c1-3-4-5-6-7-8-9-10-11-12-13-14-15-19-22-26(27-2)24-28-23-25-20-17-16-18-21-25/h16-18,20-21,26H,3-15,19,22-24H2,1-2H3. The van der Waals surface area contributed by atoms with Gasteiger partial charge < -0.3 is 9.47 Å². The minimum absolute atomic E-state index is 0.237. The van der Waals surface area contributed by atoms with Crippen molar-refractivity contribution in [2.45, 2.75) is 116 Å². The second-order valence-electron chi connectivity index (χ2n) is 8.24. The molecule has 0 aliphatic heterocycles. The lowest BCUT2D eigenvalue weighted by Gasteiger charge is -2.15. The van der Waals surface area contributed by atoms with Gasteiger partial charge in [0.2, 0.25) is 0 Å². The molecule has 0 aromatic heterocycles. The van der Waals surface area contributed by atoms with Gasteiger partial charge in [0.1, 0.15) is 0 Å². The zero-order valence-electron chi connectivity index (χ0n) is 18.8. The van der Waals surface area contributed by atoms with Crippen LogP contribution in [0.2, 0.25) is 0 Å². The molecule has 0 aliphatic carbocycles. The van der Waals surface area contributed by atoms with Crippen LogP contribution in [-0.2, 0) is 16.1 Å². The van der Waals surface area contributed by atoms with Gasteiger partial charge in [-0.05, 0) is 12.0 Å². The molecular formula is C26H46O2. The molecule has 0 aliphatic rings. The topological polar surface area (TPSA) is 18.5 Å². The molecule has 0 radical (unpaired) electrons. The van der Waals surface area contributed by atoms with Crippen molar-refractivity contribution in [3.63, 3.8) is 0 Å². The predicted molar refractivity (Wildman–Crippen MR) is 122 cm³/mol. The van der Waals surface area contributed by atoms with Gasteiger partial charge in [-0.2, -0.15) is 0 Å². The Morgan fingerprint density at radius 1 is 0.679 bits per heavy atom. The molecule has 2 nitrogen and oxygen atoms in total. The number of ether oxygens (including phenoxy) is 2. The maximum atomic E-state index is 5.82. The average molecular weight is 391 g/mol. The monoisotopic (exact) mass is 390 g/mol. The minimum atomic E-state index is 0.237. The fraction of sp³-hybridized carbons (Fsp3) is 0.769. The Bertz CT molecular complexity index is 418. The van der Waals surface area contributed by atoms with Gasteiger partial charge in [-0.1, -0.05) is 127 Å². The van der Waals surface area contributed by atoms with E-state index in [0.717, 1.165) is 6.42 Å². The van der Waals surface area contributed by atoms with Crippen molar-refractivity contribution in [1.82, 2.24) is 0 Å². The van der Waals surface area contributed by atoms with Crippen molar-refractivity contribution in [1.29, 1.82) is 0 Å². The van der Waals surface area contributed by atoms with Crippen LogP contribution in [0.4, 0.5) is 0 Å². The van der Waals surface area contributed by atoms with Gasteiger partial charge in [-0.3, -0.25) is 0 Å². The average Bonchev–Trinajstić information content (AvgIpc) is 2.73. The van der Waals surface area contributed by atoms with Crippen LogP contribution in [0.5, 0.6) is 0 Å². The first-order chi connectivity index (χ1) is 13.9. The molecule has 0 spiro atoms.